The summed E-state index contributed by atoms with van der Waals surface area (Å²) in [7, 11) is 1.70. The van der Waals surface area contributed by atoms with E-state index in [0.29, 0.717) is 16.9 Å². The first-order valence-corrected chi connectivity index (χ1v) is 7.71. The Morgan fingerprint density at radius 2 is 2.05 bits per heavy atom. The SMILES string of the molecule is CC1CC1C(NC(=O)N(C)C(C)CO)c1ccc(Cl)cc1. The molecule has 21 heavy (non-hydrogen) atoms. The largest absolute Gasteiger partial charge is 0.394 e. The highest BCUT2D eigenvalue weighted by molar-refractivity contribution is 6.30. The molecule has 0 saturated heterocycles. The molecule has 2 N–H and O–H groups in total. The Labute approximate surface area is 131 Å². The average Bonchev–Trinajstić information content (AvgIpc) is 3.20. The zero-order chi connectivity index (χ0) is 15.6. The second-order valence-corrected chi connectivity index (χ2v) is 6.43. The smallest absolute Gasteiger partial charge is 0.317 e. The number of aliphatic hydroxyl groups is 1. The van der Waals surface area contributed by atoms with Crippen LogP contribution >= 0.6 is 11.6 Å². The van der Waals surface area contributed by atoms with Crippen molar-refractivity contribution in [3.8, 4) is 0 Å². The van der Waals surface area contributed by atoms with E-state index in [0.717, 1.165) is 12.0 Å². The minimum Gasteiger partial charge on any atom is -0.394 e. The quantitative estimate of drug-likeness (QED) is 0.878. The summed E-state index contributed by atoms with van der Waals surface area (Å²) in [6, 6.07) is 7.27. The van der Waals surface area contributed by atoms with Crippen LogP contribution in [0, 0.1) is 11.8 Å². The molecule has 2 amide bonds. The van der Waals surface area contributed by atoms with Gasteiger partial charge in [-0.25, -0.2) is 4.79 Å². The van der Waals surface area contributed by atoms with Gasteiger partial charge in [-0.1, -0.05) is 30.7 Å². The summed E-state index contributed by atoms with van der Waals surface area (Å²) in [5.41, 5.74) is 1.08. The molecule has 4 atom stereocenters. The Morgan fingerprint density at radius 1 is 1.48 bits per heavy atom. The van der Waals surface area contributed by atoms with Crippen molar-refractivity contribution in [2.75, 3.05) is 13.7 Å². The number of hydrogen-bond donors (Lipinski definition) is 2. The van der Waals surface area contributed by atoms with Crippen LogP contribution in [0.4, 0.5) is 4.79 Å². The number of nitrogens with zero attached hydrogens (tertiary/aromatic N) is 1. The second-order valence-electron chi connectivity index (χ2n) is 6.00. The number of carbonyl (C=O) groups is 1. The molecule has 116 valence electrons. The highest BCUT2D eigenvalue weighted by Gasteiger charge is 2.41. The van der Waals surface area contributed by atoms with Gasteiger partial charge in [0, 0.05) is 12.1 Å². The Kier molecular flexibility index (Phi) is 5.12. The fourth-order valence-corrected chi connectivity index (χ4v) is 2.61. The Bertz CT molecular complexity index is 492. The highest BCUT2D eigenvalue weighted by atomic mass is 35.5. The monoisotopic (exact) mass is 310 g/mol. The van der Waals surface area contributed by atoms with Gasteiger partial charge in [-0.2, -0.15) is 0 Å². The van der Waals surface area contributed by atoms with Gasteiger partial charge in [-0.3, -0.25) is 0 Å². The van der Waals surface area contributed by atoms with Crippen LogP contribution in [0.2, 0.25) is 5.02 Å². The maximum absolute atomic E-state index is 12.3. The number of rotatable bonds is 5. The molecule has 4 nitrogen and oxygen atoms in total. The van der Waals surface area contributed by atoms with Gasteiger partial charge < -0.3 is 15.3 Å². The number of urea groups is 1. The van der Waals surface area contributed by atoms with Crippen LogP contribution in [0.3, 0.4) is 0 Å². The topological polar surface area (TPSA) is 52.6 Å². The summed E-state index contributed by atoms with van der Waals surface area (Å²) in [6.07, 6.45) is 1.12. The molecule has 2 rings (SSSR count). The van der Waals surface area contributed by atoms with Crippen molar-refractivity contribution >= 4 is 17.6 Å². The molecule has 1 aromatic carbocycles. The molecule has 0 aliphatic heterocycles. The summed E-state index contributed by atoms with van der Waals surface area (Å²) in [5, 5.41) is 12.9. The predicted molar refractivity (Wildman–Crippen MR) is 84.3 cm³/mol. The number of amides is 2. The van der Waals surface area contributed by atoms with Crippen LogP contribution in [-0.2, 0) is 0 Å². The summed E-state index contributed by atoms with van der Waals surface area (Å²) in [6.45, 7) is 3.96. The lowest BCUT2D eigenvalue weighted by atomic mass is 10.0. The molecule has 0 aromatic heterocycles. The van der Waals surface area contributed by atoms with Gasteiger partial charge in [0.2, 0.25) is 0 Å². The molecule has 1 aliphatic carbocycles. The van der Waals surface area contributed by atoms with Crippen LogP contribution in [-0.4, -0.2) is 35.7 Å². The number of halogens is 1. The maximum Gasteiger partial charge on any atom is 0.317 e. The number of nitrogens with one attached hydrogen (secondary N) is 1. The third-order valence-electron chi connectivity index (χ3n) is 4.35. The average molecular weight is 311 g/mol. The summed E-state index contributed by atoms with van der Waals surface area (Å²) in [4.78, 5) is 13.8. The van der Waals surface area contributed by atoms with Crippen molar-refractivity contribution in [2.24, 2.45) is 11.8 Å². The lowest BCUT2D eigenvalue weighted by Gasteiger charge is -2.27. The molecule has 0 bridgehead atoms. The third kappa shape index (κ3) is 3.89. The normalized spacial score (nSPS) is 23.3. The first-order chi connectivity index (χ1) is 9.93. The molecule has 1 saturated carbocycles. The van der Waals surface area contributed by atoms with E-state index in [2.05, 4.69) is 12.2 Å². The van der Waals surface area contributed by atoms with E-state index in [-0.39, 0.29) is 24.7 Å². The van der Waals surface area contributed by atoms with Crippen LogP contribution < -0.4 is 5.32 Å². The van der Waals surface area contributed by atoms with Gasteiger partial charge in [-0.15, -0.1) is 0 Å². The number of carbonyl (C=O) groups excluding carboxylic acids is 1. The van der Waals surface area contributed by atoms with E-state index >= 15 is 0 Å². The van der Waals surface area contributed by atoms with Crippen LogP contribution in [0.5, 0.6) is 0 Å². The molecular formula is C16H23ClN2O2. The molecule has 1 fully saturated rings. The Hall–Kier alpha value is -1.26. The first kappa shape index (κ1) is 16.1. The molecule has 4 unspecified atom stereocenters. The van der Waals surface area contributed by atoms with Crippen LogP contribution in [0.15, 0.2) is 24.3 Å². The zero-order valence-electron chi connectivity index (χ0n) is 12.7. The van der Waals surface area contributed by atoms with E-state index in [9.17, 15) is 4.79 Å². The fourth-order valence-electron chi connectivity index (χ4n) is 2.48. The van der Waals surface area contributed by atoms with Crippen molar-refractivity contribution in [2.45, 2.75) is 32.4 Å². The van der Waals surface area contributed by atoms with E-state index in [4.69, 9.17) is 16.7 Å². The predicted octanol–water partition coefficient (Wildman–Crippen LogP) is 3.06. The molecule has 0 heterocycles. The molecule has 5 heteroatoms. The number of hydrogen-bond acceptors (Lipinski definition) is 2. The maximum atomic E-state index is 12.3. The minimum atomic E-state index is -0.201. The molecule has 1 aliphatic rings. The van der Waals surface area contributed by atoms with Crippen molar-refractivity contribution in [1.29, 1.82) is 0 Å². The van der Waals surface area contributed by atoms with Gasteiger partial charge in [0.25, 0.3) is 0 Å². The third-order valence-corrected chi connectivity index (χ3v) is 4.61. The van der Waals surface area contributed by atoms with Gasteiger partial charge in [0.05, 0.1) is 18.7 Å². The zero-order valence-corrected chi connectivity index (χ0v) is 13.5. The first-order valence-electron chi connectivity index (χ1n) is 7.33. The Balaban J connectivity index is 2.11. The second kappa shape index (κ2) is 6.67. The fraction of sp³-hybridized carbons (Fsp3) is 0.562. The molecule has 1 aromatic rings. The lowest BCUT2D eigenvalue weighted by molar-refractivity contribution is 0.153. The Morgan fingerprint density at radius 3 is 2.52 bits per heavy atom. The van der Waals surface area contributed by atoms with Gasteiger partial charge in [0.15, 0.2) is 0 Å². The number of benzene rings is 1. The number of aliphatic hydroxyl groups excluding tert-OH is 1. The molecular weight excluding hydrogens is 288 g/mol. The van der Waals surface area contributed by atoms with Crippen molar-refractivity contribution in [3.05, 3.63) is 34.9 Å². The van der Waals surface area contributed by atoms with Crippen molar-refractivity contribution in [3.63, 3.8) is 0 Å². The van der Waals surface area contributed by atoms with Crippen LogP contribution in [0.1, 0.15) is 31.9 Å². The minimum absolute atomic E-state index is 0.00175. The summed E-state index contributed by atoms with van der Waals surface area (Å²) < 4.78 is 0. The summed E-state index contributed by atoms with van der Waals surface area (Å²) >= 11 is 5.93. The standard InChI is InChI=1S/C16H23ClN2O2/c1-10-8-14(10)15(12-4-6-13(17)7-5-12)18-16(21)19(3)11(2)9-20/h4-7,10-11,14-15,20H,8-9H2,1-3H3,(H,18,21). The van der Waals surface area contributed by atoms with Crippen molar-refractivity contribution in [1.82, 2.24) is 10.2 Å². The van der Waals surface area contributed by atoms with Crippen LogP contribution in [0.25, 0.3) is 0 Å². The van der Waals surface area contributed by atoms with E-state index in [1.165, 1.54) is 4.90 Å². The summed E-state index contributed by atoms with van der Waals surface area (Å²) in [5.74, 6) is 1.08. The van der Waals surface area contributed by atoms with Gasteiger partial charge in [-0.05, 0) is 42.9 Å². The van der Waals surface area contributed by atoms with Gasteiger partial charge in [0.1, 0.15) is 0 Å². The van der Waals surface area contributed by atoms with E-state index < -0.39 is 0 Å². The van der Waals surface area contributed by atoms with Crippen molar-refractivity contribution < 1.29 is 9.90 Å². The van der Waals surface area contributed by atoms with E-state index in [1.807, 2.05) is 31.2 Å². The molecule has 0 spiro atoms. The molecule has 0 radical (unpaired) electrons. The van der Waals surface area contributed by atoms with Gasteiger partial charge >= 0.3 is 6.03 Å². The van der Waals surface area contributed by atoms with E-state index in [1.54, 1.807) is 7.05 Å². The number of likely N-dealkylation sites (N-methyl/N-ethyl adjacent to an activating group) is 1. The highest BCUT2D eigenvalue weighted by Crippen LogP contribution is 2.47. The lowest BCUT2D eigenvalue weighted by Crippen LogP contribution is -2.45.